The molecule has 0 fully saturated rings. The maximum absolute atomic E-state index is 3.24. The number of nitrogens with one attached hydrogen (secondary N) is 2. The van der Waals surface area contributed by atoms with Gasteiger partial charge in [-0.2, -0.15) is 0 Å². The lowest BCUT2D eigenvalue weighted by molar-refractivity contribution is 1.21. The Kier molecular flexibility index (Phi) is 2.78. The van der Waals surface area contributed by atoms with E-state index in [0.717, 1.165) is 12.2 Å². The molecule has 1 aromatic rings. The van der Waals surface area contributed by atoms with Gasteiger partial charge in [0.1, 0.15) is 0 Å². The van der Waals surface area contributed by atoms with Crippen molar-refractivity contribution in [1.82, 2.24) is 0 Å². The maximum atomic E-state index is 3.24. The van der Waals surface area contributed by atoms with Crippen LogP contribution in [0.25, 0.3) is 0 Å². The van der Waals surface area contributed by atoms with Gasteiger partial charge in [-0.05, 0) is 25.1 Å². The van der Waals surface area contributed by atoms with Gasteiger partial charge >= 0.3 is 0 Å². The molecule has 2 N–H and O–H groups in total. The van der Waals surface area contributed by atoms with Crippen LogP contribution in [0.15, 0.2) is 24.3 Å². The SMILES string of the molecule is CCNc1cccc(NC)c1. The highest BCUT2D eigenvalue weighted by Gasteiger charge is 1.89. The van der Waals surface area contributed by atoms with Gasteiger partial charge in [-0.1, -0.05) is 6.07 Å². The van der Waals surface area contributed by atoms with Gasteiger partial charge in [0.2, 0.25) is 0 Å². The first-order valence-corrected chi connectivity index (χ1v) is 3.88. The molecule has 11 heavy (non-hydrogen) atoms. The van der Waals surface area contributed by atoms with Crippen LogP contribution in [0.3, 0.4) is 0 Å². The second-order valence-electron chi connectivity index (χ2n) is 2.36. The van der Waals surface area contributed by atoms with Gasteiger partial charge in [0.25, 0.3) is 0 Å². The van der Waals surface area contributed by atoms with Gasteiger partial charge in [0, 0.05) is 25.0 Å². The van der Waals surface area contributed by atoms with Crippen molar-refractivity contribution in [3.8, 4) is 0 Å². The normalized spacial score (nSPS) is 9.27. The van der Waals surface area contributed by atoms with E-state index in [4.69, 9.17) is 0 Å². The lowest BCUT2D eigenvalue weighted by Gasteiger charge is -2.04. The molecule has 2 heteroatoms. The van der Waals surface area contributed by atoms with Crippen LogP contribution >= 0.6 is 0 Å². The summed E-state index contributed by atoms with van der Waals surface area (Å²) < 4.78 is 0. The molecule has 2 nitrogen and oxygen atoms in total. The summed E-state index contributed by atoms with van der Waals surface area (Å²) in [4.78, 5) is 0. The Bertz CT molecular complexity index is 221. The zero-order valence-electron chi connectivity index (χ0n) is 7.02. The molecule has 0 aliphatic rings. The molecule has 0 saturated carbocycles. The molecular formula is C9H14N2. The Balaban J connectivity index is 2.74. The molecular weight excluding hydrogens is 136 g/mol. The summed E-state index contributed by atoms with van der Waals surface area (Å²) in [5, 5.41) is 6.33. The third-order valence-corrected chi connectivity index (χ3v) is 1.53. The van der Waals surface area contributed by atoms with Gasteiger partial charge in [-0.3, -0.25) is 0 Å². The molecule has 0 bridgehead atoms. The van der Waals surface area contributed by atoms with Crippen molar-refractivity contribution in [3.63, 3.8) is 0 Å². The Labute approximate surface area is 67.6 Å². The highest BCUT2D eigenvalue weighted by molar-refractivity contribution is 5.56. The number of hydrogen-bond donors (Lipinski definition) is 2. The van der Waals surface area contributed by atoms with E-state index < -0.39 is 0 Å². The van der Waals surface area contributed by atoms with Crippen LogP contribution in [0, 0.1) is 0 Å². The molecule has 0 aromatic heterocycles. The maximum Gasteiger partial charge on any atom is 0.0360 e. The van der Waals surface area contributed by atoms with Crippen LogP contribution in [-0.2, 0) is 0 Å². The van der Waals surface area contributed by atoms with Crippen molar-refractivity contribution in [3.05, 3.63) is 24.3 Å². The number of hydrogen-bond acceptors (Lipinski definition) is 2. The number of rotatable bonds is 3. The lowest BCUT2D eigenvalue weighted by Crippen LogP contribution is -1.96. The summed E-state index contributed by atoms with van der Waals surface area (Å²) in [7, 11) is 1.92. The minimum absolute atomic E-state index is 0.965. The summed E-state index contributed by atoms with van der Waals surface area (Å²) in [6, 6.07) is 8.22. The summed E-state index contributed by atoms with van der Waals surface area (Å²) in [6.45, 7) is 3.05. The first-order chi connectivity index (χ1) is 5.36. The molecule has 1 aromatic carbocycles. The Hall–Kier alpha value is -1.18. The predicted molar refractivity (Wildman–Crippen MR) is 50.2 cm³/mol. The molecule has 0 atom stereocenters. The fourth-order valence-corrected chi connectivity index (χ4v) is 0.989. The average Bonchev–Trinajstić information content (AvgIpc) is 2.06. The largest absolute Gasteiger partial charge is 0.388 e. The van der Waals surface area contributed by atoms with Gasteiger partial charge < -0.3 is 10.6 Å². The molecule has 0 amide bonds. The molecule has 0 aliphatic heterocycles. The quantitative estimate of drug-likeness (QED) is 0.690. The zero-order chi connectivity index (χ0) is 8.10. The number of benzene rings is 1. The van der Waals surface area contributed by atoms with Crippen molar-refractivity contribution in [2.24, 2.45) is 0 Å². The molecule has 0 aliphatic carbocycles. The van der Waals surface area contributed by atoms with Crippen molar-refractivity contribution < 1.29 is 0 Å². The van der Waals surface area contributed by atoms with Gasteiger partial charge in [0.05, 0.1) is 0 Å². The molecule has 0 spiro atoms. The van der Waals surface area contributed by atoms with E-state index in [2.05, 4.69) is 29.7 Å². The first-order valence-electron chi connectivity index (χ1n) is 3.88. The molecule has 0 saturated heterocycles. The third kappa shape index (κ3) is 2.15. The van der Waals surface area contributed by atoms with E-state index >= 15 is 0 Å². The first kappa shape index (κ1) is 7.92. The molecule has 1 rings (SSSR count). The summed E-state index contributed by atoms with van der Waals surface area (Å²) in [5.74, 6) is 0. The summed E-state index contributed by atoms with van der Waals surface area (Å²) in [6.07, 6.45) is 0. The van der Waals surface area contributed by atoms with Crippen LogP contribution in [-0.4, -0.2) is 13.6 Å². The summed E-state index contributed by atoms with van der Waals surface area (Å²) in [5.41, 5.74) is 2.31. The molecule has 0 unspecified atom stereocenters. The Morgan fingerprint density at radius 1 is 1.27 bits per heavy atom. The van der Waals surface area contributed by atoms with Crippen molar-refractivity contribution in [2.45, 2.75) is 6.92 Å². The zero-order valence-corrected chi connectivity index (χ0v) is 7.02. The van der Waals surface area contributed by atoms with E-state index in [1.807, 2.05) is 19.2 Å². The minimum Gasteiger partial charge on any atom is -0.388 e. The van der Waals surface area contributed by atoms with Crippen LogP contribution in [0.2, 0.25) is 0 Å². The second-order valence-corrected chi connectivity index (χ2v) is 2.36. The Morgan fingerprint density at radius 3 is 2.64 bits per heavy atom. The van der Waals surface area contributed by atoms with Crippen LogP contribution in [0.5, 0.6) is 0 Å². The smallest absolute Gasteiger partial charge is 0.0360 e. The minimum atomic E-state index is 0.965. The van der Waals surface area contributed by atoms with Crippen LogP contribution < -0.4 is 10.6 Å². The fourth-order valence-electron chi connectivity index (χ4n) is 0.989. The molecule has 60 valence electrons. The van der Waals surface area contributed by atoms with E-state index in [-0.39, 0.29) is 0 Å². The predicted octanol–water partition coefficient (Wildman–Crippen LogP) is 2.16. The monoisotopic (exact) mass is 150 g/mol. The van der Waals surface area contributed by atoms with E-state index in [0.29, 0.717) is 0 Å². The molecule has 0 heterocycles. The van der Waals surface area contributed by atoms with Gasteiger partial charge in [-0.25, -0.2) is 0 Å². The van der Waals surface area contributed by atoms with E-state index in [9.17, 15) is 0 Å². The van der Waals surface area contributed by atoms with Crippen molar-refractivity contribution in [1.29, 1.82) is 0 Å². The Morgan fingerprint density at radius 2 is 2.00 bits per heavy atom. The highest BCUT2D eigenvalue weighted by Crippen LogP contribution is 2.13. The molecule has 0 radical (unpaired) electrons. The standard InChI is InChI=1S/C9H14N2/c1-3-11-9-6-4-5-8(7-9)10-2/h4-7,10-11H,3H2,1-2H3. The van der Waals surface area contributed by atoms with Crippen LogP contribution in [0.1, 0.15) is 6.92 Å². The lowest BCUT2D eigenvalue weighted by atomic mass is 10.3. The topological polar surface area (TPSA) is 24.1 Å². The second kappa shape index (κ2) is 3.86. The summed E-state index contributed by atoms with van der Waals surface area (Å²) >= 11 is 0. The van der Waals surface area contributed by atoms with Gasteiger partial charge in [0.15, 0.2) is 0 Å². The highest BCUT2D eigenvalue weighted by atomic mass is 14.9. The average molecular weight is 150 g/mol. The van der Waals surface area contributed by atoms with Crippen LogP contribution in [0.4, 0.5) is 11.4 Å². The fraction of sp³-hybridized carbons (Fsp3) is 0.333. The third-order valence-electron chi connectivity index (χ3n) is 1.53. The van der Waals surface area contributed by atoms with E-state index in [1.54, 1.807) is 0 Å². The van der Waals surface area contributed by atoms with Gasteiger partial charge in [-0.15, -0.1) is 0 Å². The van der Waals surface area contributed by atoms with Crippen molar-refractivity contribution in [2.75, 3.05) is 24.2 Å². The number of anilines is 2. The van der Waals surface area contributed by atoms with Crippen molar-refractivity contribution >= 4 is 11.4 Å². The van der Waals surface area contributed by atoms with E-state index in [1.165, 1.54) is 5.69 Å².